The molecule has 2 N–H and O–H groups in total. The molecule has 0 bridgehead atoms. The molecule has 0 saturated heterocycles. The Morgan fingerprint density at radius 1 is 1.47 bits per heavy atom. The highest BCUT2D eigenvalue weighted by Crippen LogP contribution is 2.38. The molecule has 0 spiro atoms. The van der Waals surface area contributed by atoms with Crippen LogP contribution in [0.4, 0.5) is 0 Å². The molecule has 1 atom stereocenters. The molecule has 1 aliphatic carbocycles. The zero-order valence-electron chi connectivity index (χ0n) is 11.8. The van der Waals surface area contributed by atoms with Gasteiger partial charge < -0.3 is 10.5 Å². The number of hydrogen-bond donors (Lipinski definition) is 1. The van der Waals surface area contributed by atoms with Crippen molar-refractivity contribution >= 4 is 22.9 Å². The lowest BCUT2D eigenvalue weighted by molar-refractivity contribution is -0.0882. The normalized spacial score (nSPS) is 29.4. The number of rotatable bonds is 5. The molecule has 2 nitrogen and oxygen atoms in total. The fraction of sp³-hybridized carbons (Fsp3) is 0.733. The van der Waals surface area contributed by atoms with Gasteiger partial charge in [-0.25, -0.2) is 0 Å². The molecule has 0 amide bonds. The predicted molar refractivity (Wildman–Crippen MR) is 83.0 cm³/mol. The van der Waals surface area contributed by atoms with Gasteiger partial charge in [-0.3, -0.25) is 0 Å². The summed E-state index contributed by atoms with van der Waals surface area (Å²) in [6.45, 7) is 5.13. The minimum absolute atomic E-state index is 0.0645. The van der Waals surface area contributed by atoms with Gasteiger partial charge in [0.1, 0.15) is 0 Å². The SMILES string of the molecule is CCOC1(C(N)Cc2ccc(Cl)s2)CCC(C)CC1. The second-order valence-electron chi connectivity index (χ2n) is 5.70. The lowest BCUT2D eigenvalue weighted by Gasteiger charge is -2.43. The molecule has 1 unspecified atom stereocenters. The molecule has 4 heteroatoms. The van der Waals surface area contributed by atoms with Crippen molar-refractivity contribution in [1.82, 2.24) is 0 Å². The summed E-state index contributed by atoms with van der Waals surface area (Å²) >= 11 is 7.62. The van der Waals surface area contributed by atoms with Crippen LogP contribution in [0.15, 0.2) is 12.1 Å². The van der Waals surface area contributed by atoms with E-state index >= 15 is 0 Å². The number of halogens is 1. The highest BCUT2D eigenvalue weighted by atomic mass is 35.5. The number of ether oxygens (including phenoxy) is 1. The van der Waals surface area contributed by atoms with Crippen molar-refractivity contribution in [3.8, 4) is 0 Å². The van der Waals surface area contributed by atoms with Gasteiger partial charge in [-0.05, 0) is 57.1 Å². The predicted octanol–water partition coefficient (Wildman–Crippen LogP) is 4.26. The van der Waals surface area contributed by atoms with Crippen LogP contribution in [0, 0.1) is 5.92 Å². The minimum Gasteiger partial charge on any atom is -0.374 e. The third kappa shape index (κ3) is 3.72. The van der Waals surface area contributed by atoms with Gasteiger partial charge in [0.15, 0.2) is 0 Å². The smallest absolute Gasteiger partial charge is 0.0931 e. The van der Waals surface area contributed by atoms with Crippen LogP contribution in [0.5, 0.6) is 0 Å². The van der Waals surface area contributed by atoms with Crippen LogP contribution >= 0.6 is 22.9 Å². The van der Waals surface area contributed by atoms with Crippen molar-refractivity contribution in [2.24, 2.45) is 11.7 Å². The molecule has 1 aromatic rings. The highest BCUT2D eigenvalue weighted by molar-refractivity contribution is 7.16. The van der Waals surface area contributed by atoms with E-state index < -0.39 is 0 Å². The Hall–Kier alpha value is -0.0900. The molecule has 1 fully saturated rings. The Labute approximate surface area is 125 Å². The summed E-state index contributed by atoms with van der Waals surface area (Å²) in [5.41, 5.74) is 6.37. The Morgan fingerprint density at radius 3 is 2.68 bits per heavy atom. The van der Waals surface area contributed by atoms with Crippen LogP contribution in [0.2, 0.25) is 4.34 Å². The van der Waals surface area contributed by atoms with Gasteiger partial charge in [-0.2, -0.15) is 0 Å². The Balaban J connectivity index is 2.05. The molecule has 0 radical (unpaired) electrons. The average molecular weight is 302 g/mol. The number of thiophene rings is 1. The molecule has 0 aromatic carbocycles. The molecular formula is C15H24ClNOS. The summed E-state index contributed by atoms with van der Waals surface area (Å²) in [5.74, 6) is 0.803. The summed E-state index contributed by atoms with van der Waals surface area (Å²) in [7, 11) is 0. The number of hydrogen-bond acceptors (Lipinski definition) is 3. The van der Waals surface area contributed by atoms with E-state index in [-0.39, 0.29) is 11.6 Å². The maximum absolute atomic E-state index is 6.49. The first kappa shape index (κ1) is 15.3. The Morgan fingerprint density at radius 2 is 2.16 bits per heavy atom. The summed E-state index contributed by atoms with van der Waals surface area (Å²) in [5, 5.41) is 0. The van der Waals surface area contributed by atoms with E-state index in [1.165, 1.54) is 17.7 Å². The molecule has 1 saturated carbocycles. The maximum Gasteiger partial charge on any atom is 0.0931 e. The van der Waals surface area contributed by atoms with E-state index in [4.69, 9.17) is 22.1 Å². The van der Waals surface area contributed by atoms with Crippen molar-refractivity contribution in [3.05, 3.63) is 21.3 Å². The first-order valence-corrected chi connectivity index (χ1v) is 8.39. The van der Waals surface area contributed by atoms with Crippen LogP contribution in [-0.2, 0) is 11.2 Å². The van der Waals surface area contributed by atoms with E-state index in [0.717, 1.165) is 36.1 Å². The fourth-order valence-corrected chi connectivity index (χ4v) is 4.17. The molecular weight excluding hydrogens is 278 g/mol. The summed E-state index contributed by atoms with van der Waals surface area (Å²) in [6.07, 6.45) is 5.48. The van der Waals surface area contributed by atoms with E-state index in [0.29, 0.717) is 0 Å². The first-order chi connectivity index (χ1) is 9.05. The van der Waals surface area contributed by atoms with Crippen LogP contribution in [-0.4, -0.2) is 18.2 Å². The largest absolute Gasteiger partial charge is 0.374 e. The van der Waals surface area contributed by atoms with Crippen molar-refractivity contribution in [2.45, 2.75) is 57.6 Å². The van der Waals surface area contributed by atoms with Gasteiger partial charge in [-0.15, -0.1) is 11.3 Å². The summed E-state index contributed by atoms with van der Waals surface area (Å²) in [4.78, 5) is 1.26. The summed E-state index contributed by atoms with van der Waals surface area (Å²) in [6, 6.07) is 4.09. The highest BCUT2D eigenvalue weighted by Gasteiger charge is 2.40. The van der Waals surface area contributed by atoms with E-state index in [1.54, 1.807) is 11.3 Å². The van der Waals surface area contributed by atoms with Gasteiger partial charge in [0.05, 0.1) is 9.94 Å². The van der Waals surface area contributed by atoms with Crippen LogP contribution < -0.4 is 5.73 Å². The zero-order valence-corrected chi connectivity index (χ0v) is 13.4. The van der Waals surface area contributed by atoms with Gasteiger partial charge in [0, 0.05) is 17.5 Å². The maximum atomic E-state index is 6.49. The molecule has 0 aliphatic heterocycles. The lowest BCUT2D eigenvalue weighted by atomic mass is 9.74. The van der Waals surface area contributed by atoms with Crippen molar-refractivity contribution in [2.75, 3.05) is 6.61 Å². The molecule has 1 heterocycles. The van der Waals surface area contributed by atoms with Crippen LogP contribution in [0.1, 0.15) is 44.4 Å². The van der Waals surface area contributed by atoms with Gasteiger partial charge in [0.2, 0.25) is 0 Å². The van der Waals surface area contributed by atoms with Gasteiger partial charge >= 0.3 is 0 Å². The molecule has 2 rings (SSSR count). The van der Waals surface area contributed by atoms with E-state index in [2.05, 4.69) is 19.9 Å². The van der Waals surface area contributed by atoms with Crippen molar-refractivity contribution < 1.29 is 4.74 Å². The third-order valence-corrected chi connectivity index (χ3v) is 5.53. The standard InChI is InChI=1S/C15H24ClNOS/c1-3-18-15(8-6-11(2)7-9-15)13(17)10-12-4-5-14(16)19-12/h4-5,11,13H,3,6-10,17H2,1-2H3. The third-order valence-electron chi connectivity index (χ3n) is 4.28. The summed E-state index contributed by atoms with van der Waals surface area (Å²) < 4.78 is 6.94. The fourth-order valence-electron chi connectivity index (χ4n) is 3.02. The van der Waals surface area contributed by atoms with E-state index in [1.807, 2.05) is 6.07 Å². The minimum atomic E-state index is -0.127. The average Bonchev–Trinajstić information content (AvgIpc) is 2.78. The van der Waals surface area contributed by atoms with Crippen molar-refractivity contribution in [3.63, 3.8) is 0 Å². The monoisotopic (exact) mass is 301 g/mol. The second kappa shape index (κ2) is 6.57. The lowest BCUT2D eigenvalue weighted by Crippen LogP contribution is -2.53. The second-order valence-corrected chi connectivity index (χ2v) is 7.50. The van der Waals surface area contributed by atoms with E-state index in [9.17, 15) is 0 Å². The molecule has 1 aromatic heterocycles. The molecule has 19 heavy (non-hydrogen) atoms. The van der Waals surface area contributed by atoms with Gasteiger partial charge in [-0.1, -0.05) is 18.5 Å². The molecule has 1 aliphatic rings. The topological polar surface area (TPSA) is 35.2 Å². The van der Waals surface area contributed by atoms with Gasteiger partial charge in [0.25, 0.3) is 0 Å². The quantitative estimate of drug-likeness (QED) is 0.882. The Kier molecular flexibility index (Phi) is 5.29. The Bertz CT molecular complexity index is 399. The molecule has 108 valence electrons. The first-order valence-electron chi connectivity index (χ1n) is 7.19. The zero-order chi connectivity index (χ0) is 13.9. The van der Waals surface area contributed by atoms with Crippen molar-refractivity contribution in [1.29, 1.82) is 0 Å². The van der Waals surface area contributed by atoms with Crippen LogP contribution in [0.3, 0.4) is 0 Å². The number of nitrogens with two attached hydrogens (primary N) is 1. The van der Waals surface area contributed by atoms with Crippen LogP contribution in [0.25, 0.3) is 0 Å².